The van der Waals surface area contributed by atoms with Crippen LogP contribution >= 0.6 is 15.2 Å². The van der Waals surface area contributed by atoms with Crippen molar-refractivity contribution in [2.45, 2.75) is 12.8 Å². The number of hydrogen-bond acceptors (Lipinski definition) is 6. The molecule has 0 aromatic carbocycles. The van der Waals surface area contributed by atoms with E-state index in [1.54, 1.807) is 0 Å². The Morgan fingerprint density at radius 2 is 1.00 bits per heavy atom. The summed E-state index contributed by atoms with van der Waals surface area (Å²) in [6, 6.07) is 0. The van der Waals surface area contributed by atoms with Gasteiger partial charge in [-0.15, -0.1) is 0 Å². The predicted octanol–water partition coefficient (Wildman–Crippen LogP) is -1.20. The van der Waals surface area contributed by atoms with Crippen molar-refractivity contribution >= 4 is 28.0 Å². The number of hydrogen-bond donors (Lipinski definition) is 6. The van der Waals surface area contributed by atoms with Crippen LogP contribution in [0.1, 0.15) is 12.8 Å². The molecule has 0 aliphatic carbocycles. The first-order chi connectivity index (χ1) is 9.91. The zero-order valence-corrected chi connectivity index (χ0v) is 13.3. The van der Waals surface area contributed by atoms with Crippen LogP contribution < -0.4 is 0 Å². The van der Waals surface area contributed by atoms with Gasteiger partial charge in [-0.3, -0.25) is 29.1 Å². The Hall–Kier alpha value is -0.840. The molecule has 0 aliphatic heterocycles. The van der Waals surface area contributed by atoms with Crippen LogP contribution in [0, 0.1) is 0 Å². The third-order valence-electron chi connectivity index (χ3n) is 1.92. The first-order valence-corrected chi connectivity index (χ1v) is 9.41. The number of rotatable bonds is 10. The minimum atomic E-state index is -3.99. The molecule has 0 aromatic rings. The van der Waals surface area contributed by atoms with E-state index in [0.29, 0.717) is 10.1 Å². The van der Waals surface area contributed by atoms with Crippen molar-refractivity contribution < 1.29 is 48.7 Å². The van der Waals surface area contributed by atoms with Gasteiger partial charge in [0.15, 0.2) is 0 Å². The largest absolute Gasteiger partial charge is 0.325 e. The highest BCUT2D eigenvalue weighted by Crippen LogP contribution is 2.35. The van der Waals surface area contributed by atoms with E-state index in [1.165, 1.54) is 0 Å². The molecule has 6 N–H and O–H groups in total. The molecular weight excluding hydrogens is 346 g/mol. The van der Waals surface area contributed by atoms with Gasteiger partial charge in [-0.05, 0) is 12.8 Å². The molecule has 14 heteroatoms. The molecule has 0 saturated heterocycles. The maximum absolute atomic E-state index is 10.2. The third-order valence-corrected chi connectivity index (χ3v) is 3.71. The topological polar surface area (TPSA) is 196 Å². The summed E-state index contributed by atoms with van der Waals surface area (Å²) in [5.41, 5.74) is 0. The molecule has 0 unspecified atom stereocenters. The molecule has 22 heavy (non-hydrogen) atoms. The zero-order valence-electron chi connectivity index (χ0n) is 11.5. The van der Waals surface area contributed by atoms with Crippen LogP contribution in [0.2, 0.25) is 0 Å². The van der Waals surface area contributed by atoms with Crippen LogP contribution in [0.3, 0.4) is 0 Å². The fourth-order valence-electron chi connectivity index (χ4n) is 0.983. The van der Waals surface area contributed by atoms with Crippen LogP contribution in [0.4, 0.5) is 0 Å². The Bertz CT molecular complexity index is 370. The van der Waals surface area contributed by atoms with E-state index in [1.807, 2.05) is 0 Å². The summed E-state index contributed by atoms with van der Waals surface area (Å²) in [7, 11) is -7.97. The van der Waals surface area contributed by atoms with Gasteiger partial charge in [-0.2, -0.15) is 0 Å². The Morgan fingerprint density at radius 1 is 0.727 bits per heavy atom. The van der Waals surface area contributed by atoms with Gasteiger partial charge < -0.3 is 19.6 Å². The number of hydroxylamine groups is 4. The monoisotopic (exact) mass is 366 g/mol. The maximum Gasteiger partial charge on any atom is 0.325 e. The third kappa shape index (κ3) is 21.5. The van der Waals surface area contributed by atoms with Crippen molar-refractivity contribution in [3.63, 3.8) is 0 Å². The lowest BCUT2D eigenvalue weighted by Gasteiger charge is -2.07. The van der Waals surface area contributed by atoms with E-state index >= 15 is 0 Å². The Balaban J connectivity index is 0. The zero-order chi connectivity index (χ0) is 17.8. The maximum atomic E-state index is 10.2. The predicted molar refractivity (Wildman–Crippen MR) is 72.2 cm³/mol. The fourth-order valence-corrected chi connectivity index (χ4v) is 2.09. The summed E-state index contributed by atoms with van der Waals surface area (Å²) >= 11 is 0. The van der Waals surface area contributed by atoms with Crippen molar-refractivity contribution in [3.8, 4) is 0 Å². The molecule has 0 spiro atoms. The van der Waals surface area contributed by atoms with Crippen molar-refractivity contribution in [1.29, 1.82) is 0 Å². The molecule has 0 aromatic heterocycles. The van der Waals surface area contributed by atoms with E-state index in [9.17, 15) is 18.7 Å². The fraction of sp³-hybridized carbons (Fsp3) is 0.750. The van der Waals surface area contributed by atoms with Gasteiger partial charge in [-0.25, -0.2) is 10.1 Å². The average molecular weight is 366 g/mol. The normalized spacial score (nSPS) is 11.2. The molecule has 0 rings (SSSR count). The van der Waals surface area contributed by atoms with Gasteiger partial charge in [0.1, 0.15) is 0 Å². The van der Waals surface area contributed by atoms with Crippen LogP contribution in [-0.2, 0) is 18.7 Å². The average Bonchev–Trinajstić information content (AvgIpc) is 2.36. The first-order valence-electron chi connectivity index (χ1n) is 5.82. The standard InChI is InChI=1S/2C4H10NO5P/c2*6-4-5(7)2-1-3-11(8,9)10/h2*4,7H,1-3H2,(H2,8,9,10). The Labute approximate surface area is 126 Å². The highest BCUT2D eigenvalue weighted by molar-refractivity contribution is 7.52. The molecule has 0 saturated carbocycles. The lowest BCUT2D eigenvalue weighted by Crippen LogP contribution is -2.18. The molecule has 132 valence electrons. The van der Waals surface area contributed by atoms with Gasteiger partial charge in [0.05, 0.1) is 12.3 Å². The van der Waals surface area contributed by atoms with Crippen LogP contribution in [-0.4, -0.2) is 78.3 Å². The molecule has 2 amide bonds. The van der Waals surface area contributed by atoms with Gasteiger partial charge in [0.2, 0.25) is 12.8 Å². The lowest BCUT2D eigenvalue weighted by atomic mass is 10.5. The molecule has 0 fully saturated rings. The van der Waals surface area contributed by atoms with E-state index in [-0.39, 0.29) is 51.1 Å². The molecule has 12 nitrogen and oxygen atoms in total. The van der Waals surface area contributed by atoms with E-state index in [4.69, 9.17) is 30.0 Å². The number of amides is 2. The van der Waals surface area contributed by atoms with Crippen molar-refractivity contribution in [3.05, 3.63) is 0 Å². The summed E-state index contributed by atoms with van der Waals surface area (Å²) in [5, 5.41) is 17.6. The second-order valence-electron chi connectivity index (χ2n) is 4.02. The van der Waals surface area contributed by atoms with Crippen molar-refractivity contribution in [2.24, 2.45) is 0 Å². The van der Waals surface area contributed by atoms with Gasteiger partial charge >= 0.3 is 15.2 Å². The van der Waals surface area contributed by atoms with Crippen molar-refractivity contribution in [2.75, 3.05) is 25.4 Å². The minimum Gasteiger partial charge on any atom is -0.324 e. The Morgan fingerprint density at radius 3 is 1.18 bits per heavy atom. The number of nitrogens with zero attached hydrogens (tertiary/aromatic N) is 2. The molecule has 0 bridgehead atoms. The van der Waals surface area contributed by atoms with E-state index in [0.717, 1.165) is 0 Å². The summed E-state index contributed by atoms with van der Waals surface area (Å²) in [6.07, 6.45) is -0.117. The van der Waals surface area contributed by atoms with E-state index < -0.39 is 15.2 Å². The first kappa shape index (κ1) is 23.4. The SMILES string of the molecule is O=CN(O)CCCP(=O)(O)O.O=CN(O)CCCP(=O)(O)O. The Kier molecular flexibility index (Phi) is 12.4. The van der Waals surface area contributed by atoms with Crippen molar-refractivity contribution in [1.82, 2.24) is 10.1 Å². The number of carbonyl (C=O) groups excluding carboxylic acids is 2. The summed E-state index contributed by atoms with van der Waals surface area (Å²) in [6.45, 7) is -0.122. The summed E-state index contributed by atoms with van der Waals surface area (Å²) < 4.78 is 20.4. The summed E-state index contributed by atoms with van der Waals surface area (Å²) in [4.78, 5) is 52.8. The molecule has 0 atom stereocenters. The molecular formula is C8H20N2O10P2. The smallest absolute Gasteiger partial charge is 0.324 e. The van der Waals surface area contributed by atoms with E-state index in [2.05, 4.69) is 0 Å². The lowest BCUT2D eigenvalue weighted by molar-refractivity contribution is -0.149. The van der Waals surface area contributed by atoms with Crippen LogP contribution in [0.15, 0.2) is 0 Å². The van der Waals surface area contributed by atoms with Gasteiger partial charge in [-0.1, -0.05) is 0 Å². The highest BCUT2D eigenvalue weighted by atomic mass is 31.2. The van der Waals surface area contributed by atoms with Gasteiger partial charge in [0.25, 0.3) is 0 Å². The van der Waals surface area contributed by atoms with Crippen LogP contribution in [0.5, 0.6) is 0 Å². The summed E-state index contributed by atoms with van der Waals surface area (Å²) in [5.74, 6) is 0. The molecule has 0 radical (unpaired) electrons. The molecule has 0 heterocycles. The minimum absolute atomic E-state index is 0.0609. The molecule has 0 aliphatic rings. The second kappa shape index (κ2) is 11.7. The van der Waals surface area contributed by atoms with Gasteiger partial charge in [0, 0.05) is 13.1 Å². The second-order valence-corrected chi connectivity index (χ2v) is 7.57. The quantitative estimate of drug-likeness (QED) is 0.118. The van der Waals surface area contributed by atoms with Crippen LogP contribution in [0.25, 0.3) is 0 Å². The number of carbonyl (C=O) groups is 2. The highest BCUT2D eigenvalue weighted by Gasteiger charge is 2.12.